The highest BCUT2D eigenvalue weighted by Gasteiger charge is 2.39. The van der Waals surface area contributed by atoms with Crippen LogP contribution in [0.1, 0.15) is 51.4 Å². The molecule has 2 nitrogen and oxygen atoms in total. The van der Waals surface area contributed by atoms with Gasteiger partial charge in [-0.05, 0) is 45.1 Å². The number of hydrogen-bond donors (Lipinski definition) is 1. The van der Waals surface area contributed by atoms with Crippen LogP contribution in [0, 0.1) is 5.92 Å². The molecule has 0 aromatic carbocycles. The normalized spacial score (nSPS) is 26.6. The summed E-state index contributed by atoms with van der Waals surface area (Å²) in [6, 6.07) is 0. The monoisotopic (exact) mass is 210 g/mol. The maximum absolute atomic E-state index is 5.93. The fraction of sp³-hybridized carbons (Fsp3) is 1.00. The maximum Gasteiger partial charge on any atom is 0.0328 e. The van der Waals surface area contributed by atoms with E-state index in [9.17, 15) is 0 Å². The van der Waals surface area contributed by atoms with Crippen molar-refractivity contribution >= 4 is 0 Å². The van der Waals surface area contributed by atoms with Gasteiger partial charge in [0.15, 0.2) is 0 Å². The van der Waals surface area contributed by atoms with E-state index < -0.39 is 0 Å². The van der Waals surface area contributed by atoms with Crippen molar-refractivity contribution in [1.82, 2.24) is 4.90 Å². The molecule has 15 heavy (non-hydrogen) atoms. The van der Waals surface area contributed by atoms with E-state index in [0.717, 1.165) is 12.5 Å². The first-order chi connectivity index (χ1) is 7.27. The van der Waals surface area contributed by atoms with E-state index in [-0.39, 0.29) is 0 Å². The maximum atomic E-state index is 5.93. The molecular formula is C13H26N2. The summed E-state index contributed by atoms with van der Waals surface area (Å²) in [7, 11) is 2.29. The fourth-order valence-corrected chi connectivity index (χ4v) is 3.28. The molecular weight excluding hydrogens is 184 g/mol. The van der Waals surface area contributed by atoms with Gasteiger partial charge in [0.25, 0.3) is 0 Å². The molecule has 0 aromatic rings. The first-order valence-electron chi connectivity index (χ1n) is 6.68. The number of rotatable bonds is 4. The Bertz CT molecular complexity index is 187. The summed E-state index contributed by atoms with van der Waals surface area (Å²) in [6.07, 6.45) is 11.3. The minimum atomic E-state index is 0.386. The topological polar surface area (TPSA) is 29.3 Å². The third kappa shape index (κ3) is 2.36. The summed E-state index contributed by atoms with van der Waals surface area (Å²) in [5.74, 6) is 0.952. The molecule has 0 aromatic heterocycles. The molecule has 2 N–H and O–H groups in total. The van der Waals surface area contributed by atoms with Crippen LogP contribution in [-0.2, 0) is 0 Å². The Morgan fingerprint density at radius 1 is 1.13 bits per heavy atom. The lowest BCUT2D eigenvalue weighted by Crippen LogP contribution is -2.57. The molecule has 0 aliphatic heterocycles. The molecule has 2 saturated carbocycles. The van der Waals surface area contributed by atoms with Crippen molar-refractivity contribution in [3.8, 4) is 0 Å². The van der Waals surface area contributed by atoms with Gasteiger partial charge in [0.2, 0.25) is 0 Å². The quantitative estimate of drug-likeness (QED) is 0.772. The lowest BCUT2D eigenvalue weighted by molar-refractivity contribution is 0.0290. The van der Waals surface area contributed by atoms with Crippen molar-refractivity contribution in [1.29, 1.82) is 0 Å². The van der Waals surface area contributed by atoms with Crippen LogP contribution in [0.25, 0.3) is 0 Å². The van der Waals surface area contributed by atoms with Gasteiger partial charge in [-0.25, -0.2) is 0 Å². The molecule has 0 atom stereocenters. The van der Waals surface area contributed by atoms with Crippen LogP contribution in [0.3, 0.4) is 0 Å². The highest BCUT2D eigenvalue weighted by molar-refractivity contribution is 4.98. The van der Waals surface area contributed by atoms with E-state index >= 15 is 0 Å². The van der Waals surface area contributed by atoms with Gasteiger partial charge >= 0.3 is 0 Å². The largest absolute Gasteiger partial charge is 0.329 e. The zero-order chi connectivity index (χ0) is 10.7. The summed E-state index contributed by atoms with van der Waals surface area (Å²) in [5.41, 5.74) is 6.32. The second-order valence-electron chi connectivity index (χ2n) is 5.67. The van der Waals surface area contributed by atoms with Crippen molar-refractivity contribution in [2.75, 3.05) is 20.1 Å². The Morgan fingerprint density at radius 2 is 1.80 bits per heavy atom. The summed E-state index contributed by atoms with van der Waals surface area (Å²) in [4.78, 5) is 2.58. The van der Waals surface area contributed by atoms with E-state index in [4.69, 9.17) is 5.73 Å². The van der Waals surface area contributed by atoms with Crippen LogP contribution < -0.4 is 5.73 Å². The molecule has 2 fully saturated rings. The first kappa shape index (κ1) is 11.4. The van der Waals surface area contributed by atoms with Crippen molar-refractivity contribution in [3.63, 3.8) is 0 Å². The molecule has 0 saturated heterocycles. The summed E-state index contributed by atoms with van der Waals surface area (Å²) >= 11 is 0. The summed E-state index contributed by atoms with van der Waals surface area (Å²) in [6.45, 7) is 2.15. The van der Waals surface area contributed by atoms with Crippen LogP contribution in [0.15, 0.2) is 0 Å². The van der Waals surface area contributed by atoms with E-state index in [1.54, 1.807) is 0 Å². The molecule has 2 rings (SSSR count). The highest BCUT2D eigenvalue weighted by atomic mass is 15.2. The second kappa shape index (κ2) is 4.84. The van der Waals surface area contributed by atoms with Gasteiger partial charge in [-0.3, -0.25) is 4.90 Å². The standard InChI is InChI=1S/C13H26N2/c1-15(13(11-14)8-5-9-13)10-12-6-3-2-4-7-12/h12H,2-11,14H2,1H3. The van der Waals surface area contributed by atoms with E-state index in [1.807, 2.05) is 0 Å². The number of nitrogens with two attached hydrogens (primary N) is 1. The Balaban J connectivity index is 1.82. The Kier molecular flexibility index (Phi) is 3.68. The molecule has 0 unspecified atom stereocenters. The van der Waals surface area contributed by atoms with E-state index in [2.05, 4.69) is 11.9 Å². The van der Waals surface area contributed by atoms with Crippen molar-refractivity contribution < 1.29 is 0 Å². The predicted octanol–water partition coefficient (Wildman–Crippen LogP) is 2.38. The SMILES string of the molecule is CN(CC1CCCCC1)C1(CN)CCC1. The molecule has 0 spiro atoms. The fourth-order valence-electron chi connectivity index (χ4n) is 3.28. The van der Waals surface area contributed by atoms with Gasteiger partial charge in [-0.1, -0.05) is 19.3 Å². The zero-order valence-electron chi connectivity index (χ0n) is 10.2. The molecule has 2 aliphatic carbocycles. The Hall–Kier alpha value is -0.0800. The van der Waals surface area contributed by atoms with Crippen LogP contribution in [-0.4, -0.2) is 30.6 Å². The molecule has 2 aliphatic rings. The van der Waals surface area contributed by atoms with Crippen LogP contribution in [0.5, 0.6) is 0 Å². The summed E-state index contributed by atoms with van der Waals surface area (Å²) < 4.78 is 0. The van der Waals surface area contributed by atoms with Gasteiger partial charge in [0.05, 0.1) is 0 Å². The van der Waals surface area contributed by atoms with Gasteiger partial charge in [0, 0.05) is 18.6 Å². The lowest BCUT2D eigenvalue weighted by Gasteiger charge is -2.49. The van der Waals surface area contributed by atoms with Crippen molar-refractivity contribution in [2.24, 2.45) is 11.7 Å². The average Bonchev–Trinajstić information content (AvgIpc) is 2.18. The van der Waals surface area contributed by atoms with Crippen LogP contribution >= 0.6 is 0 Å². The van der Waals surface area contributed by atoms with Crippen LogP contribution in [0.2, 0.25) is 0 Å². The smallest absolute Gasteiger partial charge is 0.0328 e. The number of likely N-dealkylation sites (N-methyl/N-ethyl adjacent to an activating group) is 1. The van der Waals surface area contributed by atoms with Gasteiger partial charge in [-0.2, -0.15) is 0 Å². The number of hydrogen-bond acceptors (Lipinski definition) is 2. The molecule has 0 bridgehead atoms. The van der Waals surface area contributed by atoms with Gasteiger partial charge in [0.1, 0.15) is 0 Å². The third-order valence-corrected chi connectivity index (χ3v) is 4.73. The second-order valence-corrected chi connectivity index (χ2v) is 5.67. The molecule has 0 radical (unpaired) electrons. The summed E-state index contributed by atoms with van der Waals surface area (Å²) in [5, 5.41) is 0. The van der Waals surface area contributed by atoms with Gasteiger partial charge < -0.3 is 5.73 Å². The van der Waals surface area contributed by atoms with E-state index in [1.165, 1.54) is 57.9 Å². The molecule has 2 heteroatoms. The number of nitrogens with zero attached hydrogens (tertiary/aromatic N) is 1. The van der Waals surface area contributed by atoms with Crippen molar-refractivity contribution in [3.05, 3.63) is 0 Å². The Morgan fingerprint density at radius 3 is 2.27 bits per heavy atom. The van der Waals surface area contributed by atoms with Crippen LogP contribution in [0.4, 0.5) is 0 Å². The minimum absolute atomic E-state index is 0.386. The van der Waals surface area contributed by atoms with Crippen molar-refractivity contribution in [2.45, 2.75) is 56.9 Å². The van der Waals surface area contributed by atoms with Gasteiger partial charge in [-0.15, -0.1) is 0 Å². The first-order valence-corrected chi connectivity index (χ1v) is 6.68. The Labute approximate surface area is 94.2 Å². The lowest BCUT2D eigenvalue weighted by atomic mass is 9.75. The highest BCUT2D eigenvalue weighted by Crippen LogP contribution is 2.37. The minimum Gasteiger partial charge on any atom is -0.329 e. The van der Waals surface area contributed by atoms with E-state index in [0.29, 0.717) is 5.54 Å². The predicted molar refractivity (Wildman–Crippen MR) is 64.8 cm³/mol. The molecule has 88 valence electrons. The zero-order valence-corrected chi connectivity index (χ0v) is 10.2. The third-order valence-electron chi connectivity index (χ3n) is 4.73. The molecule has 0 amide bonds. The molecule has 0 heterocycles. The average molecular weight is 210 g/mol.